The Balaban J connectivity index is 1.08. The normalized spacial score (nSPS) is 17.9. The van der Waals surface area contributed by atoms with Gasteiger partial charge in [0.15, 0.2) is 0 Å². The van der Waals surface area contributed by atoms with Crippen molar-refractivity contribution in [2.45, 2.75) is 76.9 Å². The summed E-state index contributed by atoms with van der Waals surface area (Å²) in [7, 11) is 0. The third-order valence-corrected chi connectivity index (χ3v) is 8.44. The largest absolute Gasteiger partial charge is 0.456 e. The van der Waals surface area contributed by atoms with Crippen LogP contribution in [0.15, 0.2) is 65.3 Å². The number of rotatable bonds is 5. The predicted octanol–water partition coefficient (Wildman–Crippen LogP) is 8.61. The van der Waals surface area contributed by atoms with Crippen LogP contribution in [-0.2, 0) is 4.74 Å². The van der Waals surface area contributed by atoms with Crippen molar-refractivity contribution in [2.24, 2.45) is 0 Å². The Labute approximate surface area is 245 Å². The average molecular weight is 564 g/mol. The van der Waals surface area contributed by atoms with E-state index in [1.807, 2.05) is 45.3 Å². The van der Waals surface area contributed by atoms with E-state index in [1.165, 1.54) is 25.7 Å². The second-order valence-electron chi connectivity index (χ2n) is 12.6. The van der Waals surface area contributed by atoms with Crippen molar-refractivity contribution in [2.75, 3.05) is 6.54 Å². The second-order valence-corrected chi connectivity index (χ2v) is 12.6. The molecule has 8 nitrogen and oxygen atoms in total. The number of ether oxygens (including phenoxy) is 1. The first-order valence-corrected chi connectivity index (χ1v) is 15.0. The zero-order valence-corrected chi connectivity index (χ0v) is 24.4. The predicted molar refractivity (Wildman–Crippen MR) is 163 cm³/mol. The lowest BCUT2D eigenvalue weighted by Gasteiger charge is -2.27. The van der Waals surface area contributed by atoms with Crippen molar-refractivity contribution >= 4 is 17.1 Å². The van der Waals surface area contributed by atoms with Gasteiger partial charge in [-0.05, 0) is 76.3 Å². The molecule has 1 saturated heterocycles. The number of imidazole rings is 2. The van der Waals surface area contributed by atoms with Crippen molar-refractivity contribution in [1.29, 1.82) is 0 Å². The van der Waals surface area contributed by atoms with Gasteiger partial charge in [-0.1, -0.05) is 37.1 Å². The third-order valence-electron chi connectivity index (χ3n) is 8.44. The number of furan rings is 1. The molecule has 8 heteroatoms. The molecule has 1 atom stereocenters. The van der Waals surface area contributed by atoms with Gasteiger partial charge in [-0.25, -0.2) is 14.8 Å². The molecule has 2 N–H and O–H groups in total. The molecular weight excluding hydrogens is 526 g/mol. The summed E-state index contributed by atoms with van der Waals surface area (Å²) < 4.78 is 11.9. The van der Waals surface area contributed by atoms with E-state index in [2.05, 4.69) is 56.3 Å². The standard InChI is InChI=1S/C34H37N5O3/c1-34(2,3)42-33(40)39-16-6-9-28(39)32-36-20-27(38-32)24-14-15-29-25(17-24)18-30(41-29)22-12-10-21(11-13-22)26-19-35-31(37-26)23-7-4-5-8-23/h10-15,17-20,23,28H,4-9,16H2,1-3H3,(H,35,37)(H,36,38). The van der Waals surface area contributed by atoms with Gasteiger partial charge < -0.3 is 19.1 Å². The molecule has 7 rings (SSSR count). The number of likely N-dealkylation sites (tertiary alicyclic amines) is 1. The molecule has 2 fully saturated rings. The van der Waals surface area contributed by atoms with Crippen molar-refractivity contribution in [3.63, 3.8) is 0 Å². The van der Waals surface area contributed by atoms with Crippen LogP contribution in [0.4, 0.5) is 4.79 Å². The smallest absolute Gasteiger partial charge is 0.410 e. The molecule has 2 aliphatic rings. The maximum Gasteiger partial charge on any atom is 0.410 e. The van der Waals surface area contributed by atoms with Gasteiger partial charge in [-0.3, -0.25) is 4.90 Å². The molecular formula is C34H37N5O3. The van der Waals surface area contributed by atoms with Crippen LogP contribution < -0.4 is 0 Å². The number of hydrogen-bond donors (Lipinski definition) is 2. The lowest BCUT2D eigenvalue weighted by Crippen LogP contribution is -2.36. The number of aromatic nitrogens is 4. The van der Waals surface area contributed by atoms with Gasteiger partial charge in [-0.2, -0.15) is 0 Å². The lowest BCUT2D eigenvalue weighted by atomic mass is 10.1. The summed E-state index contributed by atoms with van der Waals surface area (Å²) in [6, 6.07) is 16.6. The Morgan fingerprint density at radius 1 is 0.857 bits per heavy atom. The molecule has 1 aliphatic heterocycles. The Bertz CT molecular complexity index is 1720. The maximum absolute atomic E-state index is 12.8. The van der Waals surface area contributed by atoms with Crippen molar-refractivity contribution in [3.8, 4) is 33.8 Å². The molecule has 1 unspecified atom stereocenters. The van der Waals surface area contributed by atoms with Crippen LogP contribution >= 0.6 is 0 Å². The van der Waals surface area contributed by atoms with Gasteiger partial charge in [0.25, 0.3) is 0 Å². The molecule has 216 valence electrons. The van der Waals surface area contributed by atoms with Gasteiger partial charge in [-0.15, -0.1) is 0 Å². The highest BCUT2D eigenvalue weighted by Crippen LogP contribution is 2.36. The zero-order chi connectivity index (χ0) is 28.8. The summed E-state index contributed by atoms with van der Waals surface area (Å²) in [5, 5.41) is 1.02. The number of fused-ring (bicyclic) bond motifs is 1. The Hall–Kier alpha value is -4.33. The zero-order valence-electron chi connectivity index (χ0n) is 24.4. The van der Waals surface area contributed by atoms with E-state index < -0.39 is 5.60 Å². The molecule has 4 heterocycles. The topological polar surface area (TPSA) is 100 Å². The van der Waals surface area contributed by atoms with Gasteiger partial charge in [0.2, 0.25) is 0 Å². The first kappa shape index (κ1) is 26.6. The molecule has 1 saturated carbocycles. The molecule has 2 aromatic carbocycles. The number of carbonyl (C=O) groups excluding carboxylic acids is 1. The Morgan fingerprint density at radius 2 is 1.52 bits per heavy atom. The van der Waals surface area contributed by atoms with E-state index >= 15 is 0 Å². The van der Waals surface area contributed by atoms with Crippen LogP contribution in [0.25, 0.3) is 44.8 Å². The minimum absolute atomic E-state index is 0.114. The van der Waals surface area contributed by atoms with E-state index in [1.54, 1.807) is 4.90 Å². The summed E-state index contributed by atoms with van der Waals surface area (Å²) in [6.07, 6.45) is 10.3. The SMILES string of the molecule is CC(C)(C)OC(=O)N1CCCC1c1ncc(-c2ccc3oc(-c4ccc(-c5cnc(C6CCCC6)[nH]5)cc4)cc3c2)[nH]1. The quantitative estimate of drug-likeness (QED) is 0.223. The van der Waals surface area contributed by atoms with Gasteiger partial charge >= 0.3 is 6.09 Å². The molecule has 3 aromatic heterocycles. The number of benzene rings is 2. The molecule has 0 bridgehead atoms. The van der Waals surface area contributed by atoms with Crippen molar-refractivity contribution in [1.82, 2.24) is 24.8 Å². The number of hydrogen-bond acceptors (Lipinski definition) is 5. The number of nitrogens with zero attached hydrogens (tertiary/aromatic N) is 3. The fraction of sp³-hybridized carbons (Fsp3) is 0.382. The number of H-pyrrole nitrogens is 2. The van der Waals surface area contributed by atoms with Crippen LogP contribution in [0.3, 0.4) is 0 Å². The molecule has 42 heavy (non-hydrogen) atoms. The summed E-state index contributed by atoms with van der Waals surface area (Å²) >= 11 is 0. The Kier molecular flexibility index (Phi) is 6.64. The highest BCUT2D eigenvalue weighted by Gasteiger charge is 2.35. The molecule has 1 aliphatic carbocycles. The second kappa shape index (κ2) is 10.5. The number of nitrogens with one attached hydrogen (secondary N) is 2. The summed E-state index contributed by atoms with van der Waals surface area (Å²) in [6.45, 7) is 6.34. The summed E-state index contributed by atoms with van der Waals surface area (Å²) in [4.78, 5) is 30.9. The maximum atomic E-state index is 12.8. The van der Waals surface area contributed by atoms with Gasteiger partial charge in [0, 0.05) is 29.0 Å². The number of amides is 1. The fourth-order valence-electron chi connectivity index (χ4n) is 6.30. The van der Waals surface area contributed by atoms with Crippen molar-refractivity contribution in [3.05, 3.63) is 72.6 Å². The van der Waals surface area contributed by atoms with E-state index in [-0.39, 0.29) is 12.1 Å². The lowest BCUT2D eigenvalue weighted by molar-refractivity contribution is 0.0218. The first-order valence-electron chi connectivity index (χ1n) is 15.0. The first-order chi connectivity index (χ1) is 20.3. The van der Waals surface area contributed by atoms with Crippen LogP contribution in [0.2, 0.25) is 0 Å². The summed E-state index contributed by atoms with van der Waals surface area (Å²) in [5.74, 6) is 3.30. The van der Waals surface area contributed by atoms with Crippen LogP contribution in [0, 0.1) is 0 Å². The van der Waals surface area contributed by atoms with Crippen LogP contribution in [-0.4, -0.2) is 43.1 Å². The summed E-state index contributed by atoms with van der Waals surface area (Å²) in [5.41, 5.74) is 5.44. The molecule has 0 spiro atoms. The van der Waals surface area contributed by atoms with Gasteiger partial charge in [0.1, 0.15) is 28.6 Å². The number of carbonyl (C=O) groups is 1. The molecule has 0 radical (unpaired) electrons. The van der Waals surface area contributed by atoms with E-state index in [0.717, 1.165) is 69.3 Å². The van der Waals surface area contributed by atoms with Crippen molar-refractivity contribution < 1.29 is 13.9 Å². The fourth-order valence-corrected chi connectivity index (χ4v) is 6.30. The van der Waals surface area contributed by atoms with Crippen LogP contribution in [0.5, 0.6) is 0 Å². The average Bonchev–Trinajstić information content (AvgIpc) is 3.79. The number of aromatic amines is 2. The minimum Gasteiger partial charge on any atom is -0.456 e. The van der Waals surface area contributed by atoms with E-state index in [4.69, 9.17) is 9.15 Å². The highest BCUT2D eigenvalue weighted by molar-refractivity contribution is 5.87. The minimum atomic E-state index is -0.530. The van der Waals surface area contributed by atoms with Gasteiger partial charge in [0.05, 0.1) is 29.8 Å². The highest BCUT2D eigenvalue weighted by atomic mass is 16.6. The Morgan fingerprint density at radius 3 is 2.29 bits per heavy atom. The van der Waals surface area contributed by atoms with E-state index in [9.17, 15) is 4.79 Å². The van der Waals surface area contributed by atoms with Crippen LogP contribution in [0.1, 0.15) is 82.9 Å². The molecule has 5 aromatic rings. The molecule has 1 amide bonds. The monoisotopic (exact) mass is 563 g/mol. The van der Waals surface area contributed by atoms with E-state index in [0.29, 0.717) is 12.5 Å². The third kappa shape index (κ3) is 5.22.